The van der Waals surface area contributed by atoms with Crippen molar-refractivity contribution in [2.45, 2.75) is 62.2 Å². The van der Waals surface area contributed by atoms with Crippen molar-refractivity contribution in [3.8, 4) is 0 Å². The molecule has 3 aromatic heterocycles. The molecule has 0 radical (unpaired) electrons. The fourth-order valence-electron chi connectivity index (χ4n) is 6.60. The number of hydrogen-bond acceptors (Lipinski definition) is 5. The van der Waals surface area contributed by atoms with Crippen LogP contribution in [-0.2, 0) is 6.42 Å². The minimum atomic E-state index is -1.29. The molecule has 3 unspecified atom stereocenters. The molecule has 0 spiro atoms. The number of fused-ring (bicyclic) bond motifs is 2. The zero-order chi connectivity index (χ0) is 27.3. The number of halogens is 2. The zero-order valence-electron chi connectivity index (χ0n) is 21.0. The predicted molar refractivity (Wildman–Crippen MR) is 139 cm³/mol. The number of pyridine rings is 2. The highest BCUT2D eigenvalue weighted by Crippen LogP contribution is 2.47. The van der Waals surface area contributed by atoms with Gasteiger partial charge < -0.3 is 10.8 Å². The normalized spacial score (nSPS) is 25.3. The van der Waals surface area contributed by atoms with E-state index in [9.17, 15) is 19.1 Å². The van der Waals surface area contributed by atoms with Gasteiger partial charge in [0.25, 0.3) is 0 Å². The molecular formula is C28H28F2N6O3. The molecule has 2 aliphatic rings. The largest absolute Gasteiger partial charge is 0.465 e. The molecule has 9 nitrogen and oxygen atoms in total. The van der Waals surface area contributed by atoms with E-state index in [4.69, 9.17) is 5.73 Å². The van der Waals surface area contributed by atoms with E-state index >= 15 is 4.39 Å². The van der Waals surface area contributed by atoms with Crippen molar-refractivity contribution in [3.63, 3.8) is 0 Å². The lowest BCUT2D eigenvalue weighted by Crippen LogP contribution is -2.59. The maximum atomic E-state index is 15.3. The maximum absolute atomic E-state index is 15.3. The van der Waals surface area contributed by atoms with Gasteiger partial charge in [-0.25, -0.2) is 23.4 Å². The van der Waals surface area contributed by atoms with Crippen molar-refractivity contribution in [1.82, 2.24) is 24.4 Å². The second kappa shape index (κ2) is 9.88. The Balaban J connectivity index is 1.57. The van der Waals surface area contributed by atoms with E-state index in [1.165, 1.54) is 21.6 Å². The van der Waals surface area contributed by atoms with Crippen LogP contribution in [0.4, 0.5) is 13.6 Å². The molecular weight excluding hydrogens is 506 g/mol. The van der Waals surface area contributed by atoms with E-state index in [-0.39, 0.29) is 17.9 Å². The monoisotopic (exact) mass is 534 g/mol. The van der Waals surface area contributed by atoms with Gasteiger partial charge in [-0.3, -0.25) is 19.4 Å². The number of amides is 1. The number of benzene rings is 1. The standard InChI is InChI=1S/C28H28F2N6O3/c29-18-10-3-9-17(22(18)30)25-23(31)21(35-19-11-5-13-33-26(19)34-27(35)37)14-20(36(25)28(38)39)16-8-2-1-6-15-7-4-12-32-24(15)16/h3-5,7,9-13,16,20-21,23,25H,1-2,6,8,14,31H2,(H,38,39)(H,33,34,37)/t16?,20?,21?,23-,25-/m0/s1. The van der Waals surface area contributed by atoms with Crippen LogP contribution in [0.15, 0.2) is 59.7 Å². The lowest BCUT2D eigenvalue weighted by atomic mass is 9.76. The van der Waals surface area contributed by atoms with Gasteiger partial charge in [-0.05, 0) is 55.5 Å². The fraction of sp³-hybridized carbons (Fsp3) is 0.357. The number of rotatable bonds is 3. The van der Waals surface area contributed by atoms with Crippen molar-refractivity contribution in [1.29, 1.82) is 0 Å². The SMILES string of the molecule is N[C@H]1C(n2c(=O)[nH]c3ncccc32)CC(C2CCCCc3cccnc32)N(C(=O)O)[C@H]1c1cccc(F)c1F. The highest BCUT2D eigenvalue weighted by Gasteiger charge is 2.50. The summed E-state index contributed by atoms with van der Waals surface area (Å²) in [5.41, 5.74) is 8.85. The molecule has 4 N–H and O–H groups in total. The number of hydrogen-bond donors (Lipinski definition) is 3. The van der Waals surface area contributed by atoms with Gasteiger partial charge in [0, 0.05) is 35.6 Å². The topological polar surface area (TPSA) is 130 Å². The number of likely N-dealkylation sites (tertiary alicyclic amines) is 1. The van der Waals surface area contributed by atoms with Gasteiger partial charge in [-0.1, -0.05) is 24.6 Å². The predicted octanol–water partition coefficient (Wildman–Crippen LogP) is 4.27. The Bertz CT molecular complexity index is 1600. The van der Waals surface area contributed by atoms with Crippen molar-refractivity contribution < 1.29 is 18.7 Å². The molecule has 11 heteroatoms. The Labute approximate surface area is 222 Å². The van der Waals surface area contributed by atoms with Crippen LogP contribution in [0.1, 0.15) is 60.5 Å². The van der Waals surface area contributed by atoms with Crippen molar-refractivity contribution in [2.24, 2.45) is 5.73 Å². The van der Waals surface area contributed by atoms with Crippen LogP contribution >= 0.6 is 0 Å². The number of piperidine rings is 1. The van der Waals surface area contributed by atoms with Crippen molar-refractivity contribution in [3.05, 3.63) is 93.8 Å². The van der Waals surface area contributed by atoms with Gasteiger partial charge in [-0.15, -0.1) is 0 Å². The van der Waals surface area contributed by atoms with Gasteiger partial charge in [-0.2, -0.15) is 0 Å². The number of aromatic nitrogens is 4. The number of aryl methyl sites for hydroxylation is 1. The smallest absolute Gasteiger partial charge is 0.408 e. The molecule has 1 fully saturated rings. The highest BCUT2D eigenvalue weighted by molar-refractivity contribution is 5.71. The number of carboxylic acid groups (broad SMARTS) is 1. The third-order valence-corrected chi connectivity index (χ3v) is 8.24. The molecule has 6 rings (SSSR count). The first-order valence-corrected chi connectivity index (χ1v) is 13.1. The van der Waals surface area contributed by atoms with E-state index < -0.39 is 47.6 Å². The van der Waals surface area contributed by atoms with Crippen LogP contribution in [0.2, 0.25) is 0 Å². The number of nitrogens with zero attached hydrogens (tertiary/aromatic N) is 4. The van der Waals surface area contributed by atoms with Crippen molar-refractivity contribution >= 4 is 17.3 Å². The number of imidazole rings is 1. The Morgan fingerprint density at radius 3 is 2.67 bits per heavy atom. The summed E-state index contributed by atoms with van der Waals surface area (Å²) in [6.45, 7) is 0. The molecule has 4 aromatic rings. The third-order valence-electron chi connectivity index (χ3n) is 8.24. The lowest BCUT2D eigenvalue weighted by Gasteiger charge is -2.50. The lowest BCUT2D eigenvalue weighted by molar-refractivity contribution is 0.0252. The number of H-pyrrole nitrogens is 1. The van der Waals surface area contributed by atoms with E-state index in [1.807, 2.05) is 12.1 Å². The van der Waals surface area contributed by atoms with Crippen LogP contribution in [0, 0.1) is 11.6 Å². The van der Waals surface area contributed by atoms with E-state index in [2.05, 4.69) is 15.0 Å². The Kier molecular flexibility index (Phi) is 6.38. The summed E-state index contributed by atoms with van der Waals surface area (Å²) in [5, 5.41) is 10.6. The van der Waals surface area contributed by atoms with Crippen LogP contribution in [0.5, 0.6) is 0 Å². The molecule has 39 heavy (non-hydrogen) atoms. The van der Waals surface area contributed by atoms with Gasteiger partial charge >= 0.3 is 11.8 Å². The average Bonchev–Trinajstić information content (AvgIpc) is 3.11. The summed E-state index contributed by atoms with van der Waals surface area (Å²) in [5.74, 6) is -2.58. The fourth-order valence-corrected chi connectivity index (χ4v) is 6.60. The summed E-state index contributed by atoms with van der Waals surface area (Å²) < 4.78 is 31.3. The molecule has 1 amide bonds. The summed E-state index contributed by atoms with van der Waals surface area (Å²) >= 11 is 0. The van der Waals surface area contributed by atoms with Crippen LogP contribution in [-0.4, -0.2) is 47.7 Å². The second-order valence-corrected chi connectivity index (χ2v) is 10.3. The van der Waals surface area contributed by atoms with Crippen LogP contribution < -0.4 is 11.4 Å². The molecule has 1 aliphatic heterocycles. The summed E-state index contributed by atoms with van der Waals surface area (Å²) in [4.78, 5) is 39.0. The zero-order valence-corrected chi connectivity index (χ0v) is 21.0. The first-order chi connectivity index (χ1) is 18.9. The van der Waals surface area contributed by atoms with Crippen molar-refractivity contribution in [2.75, 3.05) is 0 Å². The van der Waals surface area contributed by atoms with E-state index in [0.717, 1.165) is 36.6 Å². The van der Waals surface area contributed by atoms with Gasteiger partial charge in [0.1, 0.15) is 0 Å². The second-order valence-electron chi connectivity index (χ2n) is 10.3. The number of aromatic amines is 1. The quantitative estimate of drug-likeness (QED) is 0.337. The Morgan fingerprint density at radius 2 is 1.85 bits per heavy atom. The minimum absolute atomic E-state index is 0.166. The summed E-state index contributed by atoms with van der Waals surface area (Å²) in [6.07, 6.45) is 5.37. The molecule has 0 saturated carbocycles. The summed E-state index contributed by atoms with van der Waals surface area (Å²) in [7, 11) is 0. The Hall–Kier alpha value is -4.12. The van der Waals surface area contributed by atoms with Gasteiger partial charge in [0.2, 0.25) is 0 Å². The summed E-state index contributed by atoms with van der Waals surface area (Å²) in [6, 6.07) is 7.18. The van der Waals surface area contributed by atoms with Gasteiger partial charge in [0.15, 0.2) is 17.3 Å². The minimum Gasteiger partial charge on any atom is -0.465 e. The van der Waals surface area contributed by atoms with E-state index in [1.54, 1.807) is 24.5 Å². The Morgan fingerprint density at radius 1 is 1.05 bits per heavy atom. The number of nitrogens with one attached hydrogen (secondary N) is 1. The molecule has 202 valence electrons. The highest BCUT2D eigenvalue weighted by atomic mass is 19.2. The first-order valence-electron chi connectivity index (χ1n) is 13.1. The first kappa shape index (κ1) is 25.2. The molecule has 1 aromatic carbocycles. The molecule has 1 saturated heterocycles. The molecule has 5 atom stereocenters. The molecule has 1 aliphatic carbocycles. The van der Waals surface area contributed by atoms with Gasteiger partial charge in [0.05, 0.1) is 23.6 Å². The molecule has 0 bridgehead atoms. The maximum Gasteiger partial charge on any atom is 0.408 e. The number of carbonyl (C=O) groups is 1. The average molecular weight is 535 g/mol. The third kappa shape index (κ3) is 4.17. The number of nitrogens with two attached hydrogens (primary N) is 1. The molecule has 4 heterocycles. The van der Waals surface area contributed by atoms with Crippen LogP contribution in [0.25, 0.3) is 11.2 Å². The van der Waals surface area contributed by atoms with Crippen LogP contribution in [0.3, 0.4) is 0 Å². The van der Waals surface area contributed by atoms with E-state index in [0.29, 0.717) is 17.6 Å².